The molecule has 3 rings (SSSR count). The van der Waals surface area contributed by atoms with Crippen LogP contribution in [0.15, 0.2) is 35.1 Å². The first-order valence-corrected chi connectivity index (χ1v) is 7.95. The van der Waals surface area contributed by atoms with E-state index in [9.17, 15) is 9.59 Å². The first-order valence-electron chi connectivity index (χ1n) is 7.95. The van der Waals surface area contributed by atoms with E-state index in [0.29, 0.717) is 5.69 Å². The van der Waals surface area contributed by atoms with Crippen LogP contribution in [0.4, 0.5) is 5.69 Å². The van der Waals surface area contributed by atoms with Crippen LogP contribution in [0.2, 0.25) is 0 Å². The van der Waals surface area contributed by atoms with E-state index < -0.39 is 0 Å². The Morgan fingerprint density at radius 2 is 1.87 bits per heavy atom. The van der Waals surface area contributed by atoms with Gasteiger partial charge in [0.25, 0.3) is 5.56 Å². The second kappa shape index (κ2) is 6.42. The minimum Gasteiger partial charge on any atom is -0.320 e. The van der Waals surface area contributed by atoms with Gasteiger partial charge in [-0.05, 0) is 45.0 Å². The van der Waals surface area contributed by atoms with Gasteiger partial charge in [0, 0.05) is 13.0 Å². The molecule has 2 heterocycles. The SMILES string of the molecule is Cc1c(NC(=O)C2CCNCC2)c(=O)n(-c2ccccc2)n1C. The van der Waals surface area contributed by atoms with Gasteiger partial charge < -0.3 is 10.6 Å². The molecule has 0 radical (unpaired) electrons. The summed E-state index contributed by atoms with van der Waals surface area (Å²) in [6, 6.07) is 9.43. The number of benzene rings is 1. The summed E-state index contributed by atoms with van der Waals surface area (Å²) in [6.45, 7) is 3.54. The molecule has 2 N–H and O–H groups in total. The molecule has 2 aromatic rings. The molecule has 6 heteroatoms. The van der Waals surface area contributed by atoms with Crippen LogP contribution in [0.3, 0.4) is 0 Å². The Kier molecular flexibility index (Phi) is 4.34. The predicted octanol–water partition coefficient (Wildman–Crippen LogP) is 1.42. The summed E-state index contributed by atoms with van der Waals surface area (Å²) in [5.74, 6) is -0.0852. The Labute approximate surface area is 135 Å². The maximum atomic E-state index is 12.7. The van der Waals surface area contributed by atoms with Crippen molar-refractivity contribution in [2.24, 2.45) is 13.0 Å². The van der Waals surface area contributed by atoms with Gasteiger partial charge in [-0.2, -0.15) is 0 Å². The molecule has 0 unspecified atom stereocenters. The standard InChI is InChI=1S/C17H22N4O2/c1-12-15(19-16(22)13-8-10-18-11-9-13)17(23)21(20(12)2)14-6-4-3-5-7-14/h3-7,13,18H,8-11H2,1-2H3,(H,19,22). The van der Waals surface area contributed by atoms with Gasteiger partial charge >= 0.3 is 0 Å². The van der Waals surface area contributed by atoms with Crippen molar-refractivity contribution in [1.82, 2.24) is 14.7 Å². The van der Waals surface area contributed by atoms with E-state index in [4.69, 9.17) is 0 Å². The van der Waals surface area contributed by atoms with Crippen LogP contribution in [0, 0.1) is 12.8 Å². The summed E-state index contributed by atoms with van der Waals surface area (Å²) in [6.07, 6.45) is 1.62. The van der Waals surface area contributed by atoms with Crippen LogP contribution >= 0.6 is 0 Å². The molecule has 0 atom stereocenters. The Morgan fingerprint density at radius 1 is 1.22 bits per heavy atom. The first-order chi connectivity index (χ1) is 11.1. The van der Waals surface area contributed by atoms with Crippen molar-refractivity contribution in [2.75, 3.05) is 18.4 Å². The maximum absolute atomic E-state index is 12.7. The number of amides is 1. The third-order valence-electron chi connectivity index (χ3n) is 4.51. The van der Waals surface area contributed by atoms with E-state index in [-0.39, 0.29) is 17.4 Å². The van der Waals surface area contributed by atoms with E-state index >= 15 is 0 Å². The molecule has 0 spiro atoms. The summed E-state index contributed by atoms with van der Waals surface area (Å²) in [7, 11) is 1.82. The molecule has 1 amide bonds. The van der Waals surface area contributed by atoms with Crippen molar-refractivity contribution in [3.8, 4) is 5.69 Å². The normalized spacial score (nSPS) is 15.6. The van der Waals surface area contributed by atoms with Gasteiger partial charge in [-0.3, -0.25) is 14.3 Å². The van der Waals surface area contributed by atoms with Crippen LogP contribution in [0.5, 0.6) is 0 Å². The highest BCUT2D eigenvalue weighted by atomic mass is 16.2. The minimum absolute atomic E-state index is 0.0274. The number of nitrogens with zero attached hydrogens (tertiary/aromatic N) is 2. The Hall–Kier alpha value is -2.34. The lowest BCUT2D eigenvalue weighted by atomic mass is 9.97. The van der Waals surface area contributed by atoms with Gasteiger partial charge in [-0.15, -0.1) is 0 Å². The summed E-state index contributed by atoms with van der Waals surface area (Å²) >= 11 is 0. The maximum Gasteiger partial charge on any atom is 0.295 e. The smallest absolute Gasteiger partial charge is 0.295 e. The highest BCUT2D eigenvalue weighted by Crippen LogP contribution is 2.17. The third kappa shape index (κ3) is 2.94. The molecule has 1 saturated heterocycles. The van der Waals surface area contributed by atoms with Crippen LogP contribution in [-0.4, -0.2) is 28.4 Å². The fraction of sp³-hybridized carbons (Fsp3) is 0.412. The van der Waals surface area contributed by atoms with E-state index in [1.165, 1.54) is 0 Å². The largest absolute Gasteiger partial charge is 0.320 e. The van der Waals surface area contributed by atoms with Gasteiger partial charge in [0.05, 0.1) is 11.4 Å². The Balaban J connectivity index is 1.92. The van der Waals surface area contributed by atoms with Crippen molar-refractivity contribution < 1.29 is 4.79 Å². The molecule has 1 aromatic carbocycles. The molecular formula is C17H22N4O2. The lowest BCUT2D eigenvalue weighted by Gasteiger charge is -2.21. The van der Waals surface area contributed by atoms with Crippen molar-refractivity contribution in [3.63, 3.8) is 0 Å². The number of rotatable bonds is 3. The fourth-order valence-corrected chi connectivity index (χ4v) is 3.02. The third-order valence-corrected chi connectivity index (χ3v) is 4.51. The molecule has 1 aromatic heterocycles. The number of carbonyl (C=O) groups excluding carboxylic acids is 1. The zero-order valence-corrected chi connectivity index (χ0v) is 13.5. The second-order valence-corrected chi connectivity index (χ2v) is 5.95. The molecule has 1 aliphatic rings. The lowest BCUT2D eigenvalue weighted by molar-refractivity contribution is -0.120. The number of piperidine rings is 1. The average molecular weight is 314 g/mol. The minimum atomic E-state index is -0.196. The zero-order chi connectivity index (χ0) is 16.4. The summed E-state index contributed by atoms with van der Waals surface area (Å²) < 4.78 is 3.35. The van der Waals surface area contributed by atoms with Gasteiger partial charge in [-0.25, -0.2) is 4.68 Å². The summed E-state index contributed by atoms with van der Waals surface area (Å²) in [5, 5.41) is 6.10. The number of hydrogen-bond donors (Lipinski definition) is 2. The van der Waals surface area contributed by atoms with Gasteiger partial charge in [0.1, 0.15) is 5.69 Å². The molecule has 23 heavy (non-hydrogen) atoms. The van der Waals surface area contributed by atoms with Gasteiger partial charge in [0.15, 0.2) is 0 Å². The summed E-state index contributed by atoms with van der Waals surface area (Å²) in [5.41, 5.74) is 1.71. The quantitative estimate of drug-likeness (QED) is 0.900. The van der Waals surface area contributed by atoms with E-state index in [0.717, 1.165) is 37.3 Å². The number of hydrogen-bond acceptors (Lipinski definition) is 3. The molecule has 1 aliphatic heterocycles. The Bertz CT molecular complexity index is 755. The number of para-hydroxylation sites is 1. The first kappa shape index (κ1) is 15.6. The van der Waals surface area contributed by atoms with Gasteiger partial charge in [-0.1, -0.05) is 18.2 Å². The zero-order valence-electron chi connectivity index (χ0n) is 13.5. The predicted molar refractivity (Wildman–Crippen MR) is 90.0 cm³/mol. The number of aromatic nitrogens is 2. The topological polar surface area (TPSA) is 68.1 Å². The van der Waals surface area contributed by atoms with Crippen LogP contribution in [0.25, 0.3) is 5.69 Å². The monoisotopic (exact) mass is 314 g/mol. The van der Waals surface area contributed by atoms with Crippen molar-refractivity contribution >= 4 is 11.6 Å². The highest BCUT2D eigenvalue weighted by molar-refractivity contribution is 5.93. The van der Waals surface area contributed by atoms with Crippen molar-refractivity contribution in [2.45, 2.75) is 19.8 Å². The average Bonchev–Trinajstić information content (AvgIpc) is 2.80. The summed E-state index contributed by atoms with van der Waals surface area (Å²) in [4.78, 5) is 25.2. The molecule has 1 fully saturated rings. The molecule has 122 valence electrons. The molecule has 6 nitrogen and oxygen atoms in total. The van der Waals surface area contributed by atoms with E-state index in [2.05, 4.69) is 10.6 Å². The second-order valence-electron chi connectivity index (χ2n) is 5.95. The van der Waals surface area contributed by atoms with Crippen LogP contribution < -0.4 is 16.2 Å². The Morgan fingerprint density at radius 3 is 2.52 bits per heavy atom. The van der Waals surface area contributed by atoms with E-state index in [1.807, 2.05) is 44.3 Å². The lowest BCUT2D eigenvalue weighted by Crippen LogP contribution is -2.35. The number of anilines is 1. The van der Waals surface area contributed by atoms with Crippen molar-refractivity contribution in [3.05, 3.63) is 46.4 Å². The highest BCUT2D eigenvalue weighted by Gasteiger charge is 2.24. The van der Waals surface area contributed by atoms with Gasteiger partial charge in [0.2, 0.25) is 5.91 Å². The van der Waals surface area contributed by atoms with Crippen LogP contribution in [-0.2, 0) is 11.8 Å². The molecule has 0 saturated carbocycles. The van der Waals surface area contributed by atoms with Crippen molar-refractivity contribution in [1.29, 1.82) is 0 Å². The molecular weight excluding hydrogens is 292 g/mol. The number of nitrogens with one attached hydrogen (secondary N) is 2. The number of carbonyl (C=O) groups is 1. The van der Waals surface area contributed by atoms with E-state index in [1.54, 1.807) is 9.36 Å². The fourth-order valence-electron chi connectivity index (χ4n) is 3.02. The molecule has 0 bridgehead atoms. The van der Waals surface area contributed by atoms with Crippen LogP contribution in [0.1, 0.15) is 18.5 Å². The molecule has 0 aliphatic carbocycles.